The normalized spacial score (nSPS) is 20.5. The third-order valence-corrected chi connectivity index (χ3v) is 4.32. The van der Waals surface area contributed by atoms with Gasteiger partial charge in [0.2, 0.25) is 5.60 Å². The molecule has 25 heavy (non-hydrogen) atoms. The zero-order valence-corrected chi connectivity index (χ0v) is 13.5. The SMILES string of the molecule is CC(=O)C1(C(O)c2ccccc2[N+](=O)[O-])CC(c2ccccc2)=NO1. The van der Waals surface area contributed by atoms with Crippen molar-refractivity contribution in [2.45, 2.75) is 25.0 Å². The summed E-state index contributed by atoms with van der Waals surface area (Å²) in [6.45, 7) is 1.28. The Balaban J connectivity index is 1.99. The number of nitrogens with zero attached hydrogens (tertiary/aromatic N) is 2. The molecule has 0 saturated carbocycles. The van der Waals surface area contributed by atoms with Crippen LogP contribution in [0.2, 0.25) is 0 Å². The van der Waals surface area contributed by atoms with E-state index < -0.39 is 22.4 Å². The molecule has 0 aromatic heterocycles. The molecule has 0 bridgehead atoms. The van der Waals surface area contributed by atoms with Gasteiger partial charge in [0.15, 0.2) is 5.78 Å². The second-order valence-electron chi connectivity index (χ2n) is 5.84. The molecule has 7 heteroatoms. The van der Waals surface area contributed by atoms with E-state index in [1.165, 1.54) is 25.1 Å². The lowest BCUT2D eigenvalue weighted by atomic mass is 9.82. The molecule has 1 heterocycles. The van der Waals surface area contributed by atoms with E-state index in [4.69, 9.17) is 4.84 Å². The van der Waals surface area contributed by atoms with Gasteiger partial charge in [0.05, 0.1) is 16.2 Å². The number of nitro groups is 1. The third kappa shape index (κ3) is 2.89. The number of nitro benzene ring substituents is 1. The molecule has 2 aromatic rings. The van der Waals surface area contributed by atoms with Gasteiger partial charge in [0.25, 0.3) is 5.69 Å². The van der Waals surface area contributed by atoms with Gasteiger partial charge in [-0.15, -0.1) is 0 Å². The molecule has 2 unspecified atom stereocenters. The lowest BCUT2D eigenvalue weighted by molar-refractivity contribution is -0.386. The Bertz CT molecular complexity index is 850. The third-order valence-electron chi connectivity index (χ3n) is 4.32. The van der Waals surface area contributed by atoms with E-state index in [1.54, 1.807) is 6.07 Å². The second-order valence-corrected chi connectivity index (χ2v) is 5.84. The summed E-state index contributed by atoms with van der Waals surface area (Å²) in [6, 6.07) is 14.9. The molecule has 1 aliphatic heterocycles. The lowest BCUT2D eigenvalue weighted by Gasteiger charge is -2.29. The average Bonchev–Trinajstić information content (AvgIpc) is 3.08. The predicted molar refractivity (Wildman–Crippen MR) is 90.1 cm³/mol. The van der Waals surface area contributed by atoms with Crippen LogP contribution in [0, 0.1) is 10.1 Å². The minimum absolute atomic E-state index is 0.0206. The first-order valence-corrected chi connectivity index (χ1v) is 7.68. The largest absolute Gasteiger partial charge is 0.383 e. The van der Waals surface area contributed by atoms with Gasteiger partial charge in [-0.2, -0.15) is 0 Å². The molecule has 2 aromatic carbocycles. The summed E-state index contributed by atoms with van der Waals surface area (Å²) in [5.74, 6) is -0.451. The van der Waals surface area contributed by atoms with Gasteiger partial charge in [-0.1, -0.05) is 47.6 Å². The molecular weight excluding hydrogens is 324 g/mol. The maximum atomic E-state index is 12.3. The van der Waals surface area contributed by atoms with Crippen LogP contribution in [0.4, 0.5) is 5.69 Å². The van der Waals surface area contributed by atoms with Crippen LogP contribution in [0.25, 0.3) is 0 Å². The van der Waals surface area contributed by atoms with E-state index in [-0.39, 0.29) is 17.7 Å². The van der Waals surface area contributed by atoms with Gasteiger partial charge < -0.3 is 9.94 Å². The number of aliphatic hydroxyl groups excluding tert-OH is 1. The molecule has 128 valence electrons. The van der Waals surface area contributed by atoms with E-state index >= 15 is 0 Å². The number of carbonyl (C=O) groups is 1. The fourth-order valence-electron chi connectivity index (χ4n) is 2.90. The van der Waals surface area contributed by atoms with Gasteiger partial charge in [-0.25, -0.2) is 0 Å². The standard InChI is InChI=1S/C18H16N2O5/c1-12(21)18(11-15(19-25-18)13-7-3-2-4-8-13)17(22)14-9-5-6-10-16(14)20(23)24/h2-10,17,22H,11H2,1H3. The summed E-state index contributed by atoms with van der Waals surface area (Å²) in [5, 5.41) is 26.0. The van der Waals surface area contributed by atoms with Crippen molar-refractivity contribution in [3.63, 3.8) is 0 Å². The van der Waals surface area contributed by atoms with Gasteiger partial charge in [-0.05, 0) is 18.6 Å². The van der Waals surface area contributed by atoms with E-state index in [0.717, 1.165) is 5.56 Å². The van der Waals surface area contributed by atoms with Crippen LogP contribution < -0.4 is 0 Å². The van der Waals surface area contributed by atoms with Crippen molar-refractivity contribution in [2.24, 2.45) is 5.16 Å². The smallest absolute Gasteiger partial charge is 0.275 e. The van der Waals surface area contributed by atoms with Crippen LogP contribution in [0.1, 0.15) is 30.6 Å². The molecule has 2 atom stereocenters. The predicted octanol–water partition coefficient (Wildman–Crippen LogP) is 2.78. The fourth-order valence-corrected chi connectivity index (χ4v) is 2.90. The number of Topliss-reactive ketones (excluding diaryl/α,β-unsaturated/α-hetero) is 1. The molecule has 0 fully saturated rings. The van der Waals surface area contributed by atoms with Crippen molar-refractivity contribution in [3.8, 4) is 0 Å². The quantitative estimate of drug-likeness (QED) is 0.666. The number of hydrogen-bond acceptors (Lipinski definition) is 6. The zero-order chi connectivity index (χ0) is 18.0. The highest BCUT2D eigenvalue weighted by Crippen LogP contribution is 2.41. The highest BCUT2D eigenvalue weighted by atomic mass is 16.7. The lowest BCUT2D eigenvalue weighted by Crippen LogP contribution is -2.44. The summed E-state index contributed by atoms with van der Waals surface area (Å²) in [7, 11) is 0. The van der Waals surface area contributed by atoms with Gasteiger partial charge >= 0.3 is 0 Å². The van der Waals surface area contributed by atoms with E-state index in [2.05, 4.69) is 5.16 Å². The molecule has 0 radical (unpaired) electrons. The highest BCUT2D eigenvalue weighted by molar-refractivity contribution is 6.05. The number of para-hydroxylation sites is 1. The number of aliphatic hydroxyl groups is 1. The average molecular weight is 340 g/mol. The van der Waals surface area contributed by atoms with Crippen molar-refractivity contribution in [1.82, 2.24) is 0 Å². The zero-order valence-electron chi connectivity index (χ0n) is 13.5. The van der Waals surface area contributed by atoms with Crippen LogP contribution >= 0.6 is 0 Å². The van der Waals surface area contributed by atoms with Crippen LogP contribution in [0.5, 0.6) is 0 Å². The second kappa shape index (κ2) is 6.45. The van der Waals surface area contributed by atoms with Gasteiger partial charge in [0.1, 0.15) is 6.10 Å². The molecule has 0 amide bonds. The Kier molecular flexibility index (Phi) is 4.33. The van der Waals surface area contributed by atoms with E-state index in [0.29, 0.717) is 5.71 Å². The first kappa shape index (κ1) is 16.8. The van der Waals surface area contributed by atoms with E-state index in [9.17, 15) is 20.0 Å². The summed E-state index contributed by atoms with van der Waals surface area (Å²) >= 11 is 0. The minimum atomic E-state index is -1.68. The van der Waals surface area contributed by atoms with Gasteiger partial charge in [-0.3, -0.25) is 14.9 Å². The molecule has 1 aliphatic rings. The first-order chi connectivity index (χ1) is 12.0. The first-order valence-electron chi connectivity index (χ1n) is 7.68. The number of benzene rings is 2. The molecule has 0 saturated heterocycles. The topological polar surface area (TPSA) is 102 Å². The number of hydrogen-bond donors (Lipinski definition) is 1. The van der Waals surface area contributed by atoms with Crippen molar-refractivity contribution >= 4 is 17.2 Å². The molecular formula is C18H16N2O5. The summed E-state index contributed by atoms with van der Waals surface area (Å²) < 4.78 is 0. The van der Waals surface area contributed by atoms with Crippen molar-refractivity contribution < 1.29 is 19.7 Å². The van der Waals surface area contributed by atoms with Crippen LogP contribution in [-0.2, 0) is 9.63 Å². The van der Waals surface area contributed by atoms with Crippen LogP contribution in [-0.4, -0.2) is 27.1 Å². The Morgan fingerprint density at radius 3 is 2.52 bits per heavy atom. The molecule has 7 nitrogen and oxygen atoms in total. The van der Waals surface area contributed by atoms with Crippen molar-refractivity contribution in [3.05, 3.63) is 75.8 Å². The Hall–Kier alpha value is -3.06. The van der Waals surface area contributed by atoms with Crippen LogP contribution in [0.15, 0.2) is 59.8 Å². The number of rotatable bonds is 5. The highest BCUT2D eigenvalue weighted by Gasteiger charge is 2.52. The Morgan fingerprint density at radius 2 is 1.88 bits per heavy atom. The number of oxime groups is 1. The molecule has 0 aliphatic carbocycles. The minimum Gasteiger partial charge on any atom is -0.383 e. The molecule has 1 N–H and O–H groups in total. The summed E-state index contributed by atoms with van der Waals surface area (Å²) in [4.78, 5) is 28.3. The Labute approximate surface area is 143 Å². The fraction of sp³-hybridized carbons (Fsp3) is 0.222. The number of carbonyl (C=O) groups excluding carboxylic acids is 1. The maximum absolute atomic E-state index is 12.3. The number of ketones is 1. The van der Waals surface area contributed by atoms with Crippen molar-refractivity contribution in [2.75, 3.05) is 0 Å². The molecule has 0 spiro atoms. The maximum Gasteiger partial charge on any atom is 0.275 e. The van der Waals surface area contributed by atoms with E-state index in [1.807, 2.05) is 30.3 Å². The van der Waals surface area contributed by atoms with Crippen molar-refractivity contribution in [1.29, 1.82) is 0 Å². The van der Waals surface area contributed by atoms with Crippen LogP contribution in [0.3, 0.4) is 0 Å². The summed E-state index contributed by atoms with van der Waals surface area (Å²) in [6.07, 6.45) is -1.49. The molecule has 3 rings (SSSR count). The summed E-state index contributed by atoms with van der Waals surface area (Å²) in [5.41, 5.74) is -0.662. The monoisotopic (exact) mass is 340 g/mol. The van der Waals surface area contributed by atoms with Gasteiger partial charge in [0, 0.05) is 12.5 Å². The Morgan fingerprint density at radius 1 is 1.24 bits per heavy atom.